The van der Waals surface area contributed by atoms with Crippen LogP contribution in [0.25, 0.3) is 0 Å². The van der Waals surface area contributed by atoms with Crippen LogP contribution in [0.5, 0.6) is 11.5 Å². The van der Waals surface area contributed by atoms with Crippen LogP contribution in [-0.4, -0.2) is 4.89 Å². The topological polar surface area (TPSA) is 55.8 Å². The van der Waals surface area contributed by atoms with Crippen molar-refractivity contribution in [1.82, 2.24) is 0 Å². The minimum Gasteiger partial charge on any atom is -0.395 e. The molecule has 0 amide bonds. The van der Waals surface area contributed by atoms with Gasteiger partial charge in [0, 0.05) is 0 Å². The van der Waals surface area contributed by atoms with Crippen molar-refractivity contribution in [3.8, 4) is 11.5 Å². The van der Waals surface area contributed by atoms with E-state index in [0.717, 1.165) is 24.8 Å². The van der Waals surface area contributed by atoms with Crippen LogP contribution in [0.1, 0.15) is 50.7 Å². The van der Waals surface area contributed by atoms with Crippen LogP contribution >= 0.6 is 7.82 Å². The Morgan fingerprint density at radius 2 is 1.72 bits per heavy atom. The first kappa shape index (κ1) is 19.6. The molecule has 1 atom stereocenters. The Morgan fingerprint density at radius 1 is 0.960 bits per heavy atom. The van der Waals surface area contributed by atoms with Crippen molar-refractivity contribution in [2.24, 2.45) is 0 Å². The van der Waals surface area contributed by atoms with Gasteiger partial charge in [-0.05, 0) is 48.6 Å². The Bertz CT molecular complexity index is 700. The van der Waals surface area contributed by atoms with Crippen LogP contribution in [0.15, 0.2) is 48.5 Å². The standard InChI is InChI=1S/C20H27O4P/c1-3-5-6-8-11-17-14-15-20(18(4-2)16-17)24-25(21,22)23-19-12-9-7-10-13-19/h7,9-10,12-16H,3-6,8,11H2,1-2H3,(H,21,22). The van der Waals surface area contributed by atoms with Crippen LogP contribution < -0.4 is 9.05 Å². The third kappa shape index (κ3) is 6.56. The highest BCUT2D eigenvalue weighted by atomic mass is 31.2. The lowest BCUT2D eigenvalue weighted by Gasteiger charge is -2.16. The summed E-state index contributed by atoms with van der Waals surface area (Å²) in [5, 5.41) is 0. The zero-order valence-corrected chi connectivity index (χ0v) is 15.9. The van der Waals surface area contributed by atoms with Gasteiger partial charge in [-0.1, -0.05) is 63.4 Å². The SMILES string of the molecule is CCCCCCc1ccc(OP(=O)(O)Oc2ccccc2)c(CC)c1. The summed E-state index contributed by atoms with van der Waals surface area (Å²) in [4.78, 5) is 10.0. The minimum atomic E-state index is -4.22. The van der Waals surface area contributed by atoms with Crippen molar-refractivity contribution in [2.45, 2.75) is 52.4 Å². The molecule has 0 spiro atoms. The molecule has 0 fully saturated rings. The fourth-order valence-corrected chi connectivity index (χ4v) is 3.52. The van der Waals surface area contributed by atoms with E-state index in [4.69, 9.17) is 9.05 Å². The Balaban J connectivity index is 2.04. The highest BCUT2D eigenvalue weighted by Gasteiger charge is 2.26. The summed E-state index contributed by atoms with van der Waals surface area (Å²) in [5.74, 6) is 0.709. The number of rotatable bonds is 10. The van der Waals surface area contributed by atoms with Crippen LogP contribution in [0.4, 0.5) is 0 Å². The molecule has 0 heterocycles. The van der Waals surface area contributed by atoms with Crippen molar-refractivity contribution in [1.29, 1.82) is 0 Å². The van der Waals surface area contributed by atoms with Crippen molar-refractivity contribution in [3.05, 3.63) is 59.7 Å². The number of phosphoric ester groups is 1. The monoisotopic (exact) mass is 362 g/mol. The summed E-state index contributed by atoms with van der Waals surface area (Å²) < 4.78 is 22.7. The van der Waals surface area contributed by atoms with E-state index in [1.807, 2.05) is 19.1 Å². The molecule has 0 aliphatic heterocycles. The Kier molecular flexibility index (Phi) is 7.54. The summed E-state index contributed by atoms with van der Waals surface area (Å²) in [6, 6.07) is 14.3. The summed E-state index contributed by atoms with van der Waals surface area (Å²) >= 11 is 0. The number of benzene rings is 2. The lowest BCUT2D eigenvalue weighted by Crippen LogP contribution is -2.02. The Hall–Kier alpha value is -1.77. The lowest BCUT2D eigenvalue weighted by atomic mass is 10.0. The molecule has 25 heavy (non-hydrogen) atoms. The summed E-state index contributed by atoms with van der Waals surface area (Å²) in [6.07, 6.45) is 6.61. The van der Waals surface area contributed by atoms with Gasteiger partial charge in [0.25, 0.3) is 0 Å². The zero-order chi connectivity index (χ0) is 18.1. The smallest absolute Gasteiger partial charge is 0.395 e. The molecule has 136 valence electrons. The fraction of sp³-hybridized carbons (Fsp3) is 0.400. The first-order valence-electron chi connectivity index (χ1n) is 8.93. The van der Waals surface area contributed by atoms with E-state index in [-0.39, 0.29) is 0 Å². The fourth-order valence-electron chi connectivity index (χ4n) is 2.67. The maximum Gasteiger partial charge on any atom is 0.584 e. The molecule has 0 aliphatic rings. The average Bonchev–Trinajstić information content (AvgIpc) is 2.60. The molecule has 1 N–H and O–H groups in total. The van der Waals surface area contributed by atoms with Gasteiger partial charge < -0.3 is 9.05 Å². The van der Waals surface area contributed by atoms with E-state index in [9.17, 15) is 9.46 Å². The molecule has 0 aliphatic carbocycles. The van der Waals surface area contributed by atoms with E-state index in [1.54, 1.807) is 30.3 Å². The number of hydrogen-bond donors (Lipinski definition) is 1. The number of unbranched alkanes of at least 4 members (excludes halogenated alkanes) is 3. The van der Waals surface area contributed by atoms with E-state index in [2.05, 4.69) is 13.0 Å². The van der Waals surface area contributed by atoms with Gasteiger partial charge in [-0.15, -0.1) is 0 Å². The van der Waals surface area contributed by atoms with Gasteiger partial charge in [-0.25, -0.2) is 4.57 Å². The van der Waals surface area contributed by atoms with Gasteiger partial charge in [0.15, 0.2) is 0 Å². The number of para-hydroxylation sites is 1. The first-order valence-corrected chi connectivity index (χ1v) is 10.4. The van der Waals surface area contributed by atoms with Crippen molar-refractivity contribution >= 4 is 7.82 Å². The van der Waals surface area contributed by atoms with E-state index in [1.165, 1.54) is 24.8 Å². The molecule has 0 radical (unpaired) electrons. The van der Waals surface area contributed by atoms with E-state index in [0.29, 0.717) is 11.5 Å². The Labute approximate surface area is 150 Å². The molecule has 0 aromatic heterocycles. The number of phosphoric acid groups is 1. The average molecular weight is 362 g/mol. The minimum absolute atomic E-state index is 0.305. The van der Waals surface area contributed by atoms with Gasteiger partial charge >= 0.3 is 7.82 Å². The quantitative estimate of drug-likeness (QED) is 0.420. The maximum absolute atomic E-state index is 12.3. The number of aryl methyl sites for hydroxylation is 2. The largest absolute Gasteiger partial charge is 0.584 e. The van der Waals surface area contributed by atoms with E-state index >= 15 is 0 Å². The summed E-state index contributed by atoms with van der Waals surface area (Å²) in [7, 11) is -4.22. The molecule has 2 rings (SSSR count). The molecular weight excluding hydrogens is 335 g/mol. The molecule has 0 saturated heterocycles. The van der Waals surface area contributed by atoms with Gasteiger partial charge in [-0.3, -0.25) is 4.89 Å². The van der Waals surface area contributed by atoms with Gasteiger partial charge in [0.1, 0.15) is 11.5 Å². The van der Waals surface area contributed by atoms with Crippen LogP contribution in [0.2, 0.25) is 0 Å². The van der Waals surface area contributed by atoms with E-state index < -0.39 is 7.82 Å². The van der Waals surface area contributed by atoms with Crippen LogP contribution in [-0.2, 0) is 17.4 Å². The number of hydrogen-bond acceptors (Lipinski definition) is 3. The molecule has 0 bridgehead atoms. The highest BCUT2D eigenvalue weighted by molar-refractivity contribution is 7.48. The first-order chi connectivity index (χ1) is 12.0. The van der Waals surface area contributed by atoms with Gasteiger partial charge in [-0.2, -0.15) is 0 Å². The molecule has 0 saturated carbocycles. The molecule has 1 unspecified atom stereocenters. The predicted molar refractivity (Wildman–Crippen MR) is 101 cm³/mol. The second-order valence-corrected chi connectivity index (χ2v) is 7.37. The second-order valence-electron chi connectivity index (χ2n) is 6.07. The summed E-state index contributed by atoms with van der Waals surface area (Å²) in [5.41, 5.74) is 2.15. The normalized spacial score (nSPS) is 13.2. The van der Waals surface area contributed by atoms with Crippen LogP contribution in [0, 0.1) is 0 Å². The molecule has 4 nitrogen and oxygen atoms in total. The highest BCUT2D eigenvalue weighted by Crippen LogP contribution is 2.45. The molecular formula is C20H27O4P. The molecule has 5 heteroatoms. The second kappa shape index (κ2) is 9.65. The molecule has 2 aromatic carbocycles. The third-order valence-electron chi connectivity index (χ3n) is 4.00. The zero-order valence-electron chi connectivity index (χ0n) is 15.0. The Morgan fingerprint density at radius 3 is 2.40 bits per heavy atom. The van der Waals surface area contributed by atoms with Crippen molar-refractivity contribution in [2.75, 3.05) is 0 Å². The van der Waals surface area contributed by atoms with Gasteiger partial charge in [0.05, 0.1) is 0 Å². The molecule has 2 aromatic rings. The van der Waals surface area contributed by atoms with Gasteiger partial charge in [0.2, 0.25) is 0 Å². The third-order valence-corrected chi connectivity index (χ3v) is 4.87. The maximum atomic E-state index is 12.3. The van der Waals surface area contributed by atoms with Crippen molar-refractivity contribution < 1.29 is 18.5 Å². The van der Waals surface area contributed by atoms with Crippen molar-refractivity contribution in [3.63, 3.8) is 0 Å². The summed E-state index contributed by atoms with van der Waals surface area (Å²) in [6.45, 7) is 4.20. The lowest BCUT2D eigenvalue weighted by molar-refractivity contribution is 0.290. The van der Waals surface area contributed by atoms with Crippen LogP contribution in [0.3, 0.4) is 0 Å². The predicted octanol–water partition coefficient (Wildman–Crippen LogP) is 5.93.